The predicted octanol–water partition coefficient (Wildman–Crippen LogP) is -0.471. The Morgan fingerprint density at radius 3 is 2.02 bits per heavy atom. The van der Waals surface area contributed by atoms with E-state index in [9.17, 15) is 43.8 Å². The standard InChI is InChI=1S/C43H68N12O9/c1-7-24(5)34(40(61)51-31(20-27-21-47-22-49-27)41(62)55-18-10-12-32(55)38(59)54-35(42(63)64)25(6)8-2)53-37(58)30(19-26-13-15-28(56)16-14-26)50-39(60)33(23(3)4)52-36(57)29(44)11-9-17-48-43(45)46/h13-16,21-25,29-35,56H,7-12,17-20,44H2,1-6H3,(H,47,49)(H,50,60)(H,51,61)(H,52,57)(H,53,58)(H,54,59)(H,63,64)(H4,45,46,48)/t24-,25-,29+,30-,31-,32-,33-,34-,35-/m0/s1. The van der Waals surface area contributed by atoms with Crippen LogP contribution >= 0.6 is 0 Å². The number of aromatic amines is 1. The number of nitrogens with two attached hydrogens (primary N) is 3. The number of likely N-dealkylation sites (tertiary alicyclic amines) is 1. The first kappa shape index (κ1) is 52.1. The number of carbonyl (C=O) groups excluding carboxylic acids is 6. The van der Waals surface area contributed by atoms with Gasteiger partial charge in [0.15, 0.2) is 5.96 Å². The number of aromatic nitrogens is 2. The molecule has 354 valence electrons. The van der Waals surface area contributed by atoms with E-state index in [1.54, 1.807) is 39.8 Å². The van der Waals surface area contributed by atoms with E-state index < -0.39 is 95.5 Å². The normalized spacial score (nSPS) is 17.4. The van der Waals surface area contributed by atoms with E-state index in [2.05, 4.69) is 41.5 Å². The minimum absolute atomic E-state index is 0.0184. The van der Waals surface area contributed by atoms with Crippen molar-refractivity contribution in [1.82, 2.24) is 41.5 Å². The Bertz CT molecular complexity index is 1910. The lowest BCUT2D eigenvalue weighted by Crippen LogP contribution is -2.61. The molecule has 64 heavy (non-hydrogen) atoms. The third-order valence-electron chi connectivity index (χ3n) is 11.6. The number of nitrogens with one attached hydrogen (secondary N) is 6. The number of hydrogen-bond donors (Lipinski definition) is 11. The first-order chi connectivity index (χ1) is 30.3. The van der Waals surface area contributed by atoms with Gasteiger partial charge in [-0.15, -0.1) is 0 Å². The van der Waals surface area contributed by atoms with Gasteiger partial charge in [0.05, 0.1) is 12.4 Å². The van der Waals surface area contributed by atoms with Gasteiger partial charge >= 0.3 is 5.97 Å². The molecule has 0 spiro atoms. The van der Waals surface area contributed by atoms with Crippen LogP contribution in [-0.2, 0) is 46.4 Å². The summed E-state index contributed by atoms with van der Waals surface area (Å²) in [5.74, 6) is -6.54. The number of guanidine groups is 1. The van der Waals surface area contributed by atoms with Gasteiger partial charge in [0.2, 0.25) is 35.4 Å². The maximum Gasteiger partial charge on any atom is 0.326 e. The van der Waals surface area contributed by atoms with Gasteiger partial charge in [-0.05, 0) is 61.1 Å². The Morgan fingerprint density at radius 2 is 1.44 bits per heavy atom. The van der Waals surface area contributed by atoms with Gasteiger partial charge in [-0.3, -0.25) is 33.8 Å². The molecule has 0 saturated carbocycles. The van der Waals surface area contributed by atoms with Crippen molar-refractivity contribution in [3.05, 3.63) is 48.0 Å². The van der Waals surface area contributed by atoms with Gasteiger partial charge in [0, 0.05) is 37.8 Å². The SMILES string of the molecule is CC[C@H](C)[C@H](NC(=O)[C@@H]1CCCN1C(=O)[C@H](Cc1cnc[nH]1)NC(=O)[C@@H](NC(=O)[C@H](Cc1ccc(O)cc1)NC(=O)[C@@H](NC(=O)[C@H](N)CCCN=C(N)N)C(C)C)[C@@H](C)CC)C(=O)O. The Kier molecular flexibility index (Phi) is 20.5. The number of aromatic hydroxyl groups is 1. The highest BCUT2D eigenvalue weighted by Crippen LogP contribution is 2.22. The number of amides is 6. The van der Waals surface area contributed by atoms with Crippen molar-refractivity contribution < 1.29 is 43.8 Å². The van der Waals surface area contributed by atoms with Crippen LogP contribution in [0.2, 0.25) is 0 Å². The zero-order chi connectivity index (χ0) is 47.7. The molecule has 3 rings (SSSR count). The van der Waals surface area contributed by atoms with E-state index in [1.165, 1.54) is 29.6 Å². The number of benzene rings is 1. The van der Waals surface area contributed by atoms with E-state index in [-0.39, 0.29) is 56.4 Å². The molecule has 0 radical (unpaired) electrons. The number of hydrogen-bond acceptors (Lipinski definition) is 11. The Hall–Kier alpha value is -6.25. The summed E-state index contributed by atoms with van der Waals surface area (Å²) in [7, 11) is 0. The molecule has 14 N–H and O–H groups in total. The zero-order valence-corrected chi connectivity index (χ0v) is 37.6. The summed E-state index contributed by atoms with van der Waals surface area (Å²) in [5, 5.41) is 33.4. The van der Waals surface area contributed by atoms with Crippen molar-refractivity contribution in [3.63, 3.8) is 0 Å². The highest BCUT2D eigenvalue weighted by Gasteiger charge is 2.41. The molecule has 2 heterocycles. The van der Waals surface area contributed by atoms with Crippen LogP contribution in [0.15, 0.2) is 41.8 Å². The van der Waals surface area contributed by atoms with Gasteiger partial charge in [0.25, 0.3) is 0 Å². The van der Waals surface area contributed by atoms with Crippen LogP contribution in [0, 0.1) is 17.8 Å². The van der Waals surface area contributed by atoms with Crippen LogP contribution in [0.1, 0.15) is 91.3 Å². The van der Waals surface area contributed by atoms with E-state index >= 15 is 0 Å². The fraction of sp³-hybridized carbons (Fsp3) is 0.605. The molecule has 1 aliphatic heterocycles. The Balaban J connectivity index is 1.89. The van der Waals surface area contributed by atoms with Crippen molar-refractivity contribution in [2.75, 3.05) is 13.1 Å². The number of carboxylic acid groups (broad SMARTS) is 1. The number of carbonyl (C=O) groups is 7. The lowest BCUT2D eigenvalue weighted by atomic mass is 9.96. The Labute approximate surface area is 373 Å². The average Bonchev–Trinajstić information content (AvgIpc) is 3.97. The van der Waals surface area contributed by atoms with Crippen molar-refractivity contribution in [1.29, 1.82) is 0 Å². The van der Waals surface area contributed by atoms with Crippen LogP contribution in [0.4, 0.5) is 0 Å². The van der Waals surface area contributed by atoms with E-state index in [0.717, 1.165) is 0 Å². The molecule has 6 amide bonds. The summed E-state index contributed by atoms with van der Waals surface area (Å²) in [6.07, 6.45) is 5.07. The number of aliphatic imine (C=N–C) groups is 1. The maximum absolute atomic E-state index is 14.4. The third kappa shape index (κ3) is 15.5. The average molecular weight is 897 g/mol. The molecule has 1 aromatic carbocycles. The second-order valence-corrected chi connectivity index (χ2v) is 16.8. The maximum atomic E-state index is 14.4. The molecule has 0 bridgehead atoms. The highest BCUT2D eigenvalue weighted by atomic mass is 16.4. The number of aliphatic carboxylic acids is 1. The van der Waals surface area contributed by atoms with Crippen LogP contribution in [0.5, 0.6) is 5.75 Å². The number of nitrogens with zero attached hydrogens (tertiary/aromatic N) is 3. The van der Waals surface area contributed by atoms with Crippen molar-refractivity contribution in [3.8, 4) is 5.75 Å². The molecular formula is C43H68N12O9. The summed E-state index contributed by atoms with van der Waals surface area (Å²) < 4.78 is 0. The largest absolute Gasteiger partial charge is 0.508 e. The predicted molar refractivity (Wildman–Crippen MR) is 238 cm³/mol. The van der Waals surface area contributed by atoms with Crippen LogP contribution in [0.3, 0.4) is 0 Å². The molecule has 0 unspecified atom stereocenters. The lowest BCUT2D eigenvalue weighted by molar-refractivity contribution is -0.146. The second kappa shape index (κ2) is 25.1. The molecule has 21 heteroatoms. The molecule has 1 aromatic heterocycles. The van der Waals surface area contributed by atoms with Gasteiger partial charge in [-0.1, -0.05) is 66.5 Å². The molecule has 1 saturated heterocycles. The molecule has 1 aliphatic rings. The van der Waals surface area contributed by atoms with Crippen LogP contribution in [-0.4, -0.2) is 128 Å². The second-order valence-electron chi connectivity index (χ2n) is 16.8. The van der Waals surface area contributed by atoms with Crippen LogP contribution in [0.25, 0.3) is 0 Å². The van der Waals surface area contributed by atoms with Crippen molar-refractivity contribution in [2.24, 2.45) is 39.9 Å². The number of phenolic OH excluding ortho intramolecular Hbond substituents is 1. The monoisotopic (exact) mass is 897 g/mol. The number of H-pyrrole nitrogens is 1. The molecular weight excluding hydrogens is 829 g/mol. The molecule has 9 atom stereocenters. The summed E-state index contributed by atoms with van der Waals surface area (Å²) in [6.45, 7) is 11.0. The molecule has 21 nitrogen and oxygen atoms in total. The summed E-state index contributed by atoms with van der Waals surface area (Å²) in [5.41, 5.74) is 17.9. The third-order valence-corrected chi connectivity index (χ3v) is 11.6. The van der Waals surface area contributed by atoms with E-state index in [4.69, 9.17) is 17.2 Å². The number of imidazole rings is 1. The number of carboxylic acids is 1. The van der Waals surface area contributed by atoms with Crippen LogP contribution < -0.4 is 43.8 Å². The topological polar surface area (TPSA) is 342 Å². The fourth-order valence-corrected chi connectivity index (χ4v) is 7.25. The first-order valence-corrected chi connectivity index (χ1v) is 21.9. The fourth-order valence-electron chi connectivity index (χ4n) is 7.25. The quantitative estimate of drug-likeness (QED) is 0.0342. The van der Waals surface area contributed by atoms with Crippen molar-refractivity contribution in [2.45, 2.75) is 135 Å². The summed E-state index contributed by atoms with van der Waals surface area (Å²) in [6, 6.07) is -2.00. The summed E-state index contributed by atoms with van der Waals surface area (Å²) in [4.78, 5) is 108. The van der Waals surface area contributed by atoms with E-state index in [0.29, 0.717) is 36.9 Å². The molecule has 2 aromatic rings. The zero-order valence-electron chi connectivity index (χ0n) is 37.6. The molecule has 1 fully saturated rings. The summed E-state index contributed by atoms with van der Waals surface area (Å²) >= 11 is 0. The van der Waals surface area contributed by atoms with E-state index in [1.807, 2.05) is 13.8 Å². The number of phenols is 1. The smallest absolute Gasteiger partial charge is 0.326 e. The lowest BCUT2D eigenvalue weighted by Gasteiger charge is -2.32. The van der Waals surface area contributed by atoms with Gasteiger partial charge in [-0.25, -0.2) is 9.78 Å². The first-order valence-electron chi connectivity index (χ1n) is 21.9. The minimum Gasteiger partial charge on any atom is -0.508 e. The number of rotatable bonds is 25. The van der Waals surface area contributed by atoms with Crippen molar-refractivity contribution >= 4 is 47.4 Å². The Morgan fingerprint density at radius 1 is 0.828 bits per heavy atom. The highest BCUT2D eigenvalue weighted by molar-refractivity contribution is 5.97. The minimum atomic E-state index is -1.29. The van der Waals surface area contributed by atoms with Gasteiger partial charge < -0.3 is 63.9 Å². The molecule has 0 aliphatic carbocycles. The van der Waals surface area contributed by atoms with Gasteiger partial charge in [-0.2, -0.15) is 0 Å². The van der Waals surface area contributed by atoms with Gasteiger partial charge in [0.1, 0.15) is 42.0 Å².